The van der Waals surface area contributed by atoms with Crippen LogP contribution in [-0.4, -0.2) is 9.38 Å². The number of fused-ring (bicyclic) bond motifs is 1. The van der Waals surface area contributed by atoms with Crippen molar-refractivity contribution in [2.45, 2.75) is 20.4 Å². The summed E-state index contributed by atoms with van der Waals surface area (Å²) in [6.07, 6.45) is 4.08. The fraction of sp³-hybridized carbons (Fsp3) is 0.188. The Morgan fingerprint density at radius 1 is 1.05 bits per heavy atom. The number of nitrogens with one attached hydrogen (secondary N) is 1. The minimum absolute atomic E-state index is 0.743. The Morgan fingerprint density at radius 3 is 2.58 bits per heavy atom. The van der Waals surface area contributed by atoms with Crippen molar-refractivity contribution in [1.82, 2.24) is 9.38 Å². The predicted molar refractivity (Wildman–Crippen MR) is 78.4 cm³/mol. The van der Waals surface area contributed by atoms with E-state index in [-0.39, 0.29) is 0 Å². The number of hydrogen-bond donors (Lipinski definition) is 1. The maximum Gasteiger partial charge on any atom is 0.137 e. The standard InChI is InChI=1S/C16H17N3/c1-12-6-5-7-13(2)16(12)17-10-14-11-19-9-4-3-8-15(19)18-14/h3-9,11,17H,10H2,1-2H3. The molecule has 0 bridgehead atoms. The lowest BCUT2D eigenvalue weighted by Gasteiger charge is -2.11. The molecule has 3 rings (SSSR count). The number of nitrogens with zero attached hydrogens (tertiary/aromatic N) is 2. The molecule has 0 aliphatic rings. The quantitative estimate of drug-likeness (QED) is 0.771. The first-order valence-corrected chi connectivity index (χ1v) is 6.47. The molecule has 0 saturated carbocycles. The van der Waals surface area contributed by atoms with E-state index in [0.717, 1.165) is 17.9 Å². The Balaban J connectivity index is 1.82. The second-order valence-corrected chi connectivity index (χ2v) is 4.82. The fourth-order valence-corrected chi connectivity index (χ4v) is 2.34. The molecule has 0 atom stereocenters. The molecule has 19 heavy (non-hydrogen) atoms. The SMILES string of the molecule is Cc1cccc(C)c1NCc1cn2ccccc2n1. The zero-order valence-corrected chi connectivity index (χ0v) is 11.2. The highest BCUT2D eigenvalue weighted by molar-refractivity contribution is 5.56. The molecule has 2 aromatic heterocycles. The lowest BCUT2D eigenvalue weighted by molar-refractivity contribution is 1.07. The summed E-state index contributed by atoms with van der Waals surface area (Å²) in [5.74, 6) is 0. The van der Waals surface area contributed by atoms with Gasteiger partial charge in [0.25, 0.3) is 0 Å². The molecule has 3 nitrogen and oxygen atoms in total. The summed E-state index contributed by atoms with van der Waals surface area (Å²) in [6.45, 7) is 4.99. The molecule has 3 heteroatoms. The Hall–Kier alpha value is -2.29. The first-order valence-electron chi connectivity index (χ1n) is 6.47. The largest absolute Gasteiger partial charge is 0.379 e. The van der Waals surface area contributed by atoms with Crippen LogP contribution in [0.3, 0.4) is 0 Å². The van der Waals surface area contributed by atoms with Gasteiger partial charge in [-0.2, -0.15) is 0 Å². The molecular formula is C16H17N3. The summed E-state index contributed by atoms with van der Waals surface area (Å²) >= 11 is 0. The summed E-state index contributed by atoms with van der Waals surface area (Å²) in [6, 6.07) is 12.4. The van der Waals surface area contributed by atoms with Crippen LogP contribution < -0.4 is 5.32 Å². The van der Waals surface area contributed by atoms with Gasteiger partial charge < -0.3 is 9.72 Å². The van der Waals surface area contributed by atoms with E-state index < -0.39 is 0 Å². The average Bonchev–Trinajstić information content (AvgIpc) is 2.81. The number of imidazole rings is 1. The van der Waals surface area contributed by atoms with Crippen LogP contribution in [0.2, 0.25) is 0 Å². The second kappa shape index (κ2) is 4.76. The molecule has 0 aliphatic carbocycles. The second-order valence-electron chi connectivity index (χ2n) is 4.82. The van der Waals surface area contributed by atoms with E-state index in [0.29, 0.717) is 0 Å². The van der Waals surface area contributed by atoms with Gasteiger partial charge in [0.2, 0.25) is 0 Å². The zero-order chi connectivity index (χ0) is 13.2. The Bertz CT molecular complexity index is 660. The molecular weight excluding hydrogens is 234 g/mol. The molecule has 0 amide bonds. The Kier molecular flexibility index (Phi) is 2.95. The van der Waals surface area contributed by atoms with Crippen molar-refractivity contribution < 1.29 is 0 Å². The summed E-state index contributed by atoms with van der Waals surface area (Å²) in [5.41, 5.74) is 5.78. The number of para-hydroxylation sites is 1. The van der Waals surface area contributed by atoms with Crippen LogP contribution in [-0.2, 0) is 6.54 Å². The lowest BCUT2D eigenvalue weighted by Crippen LogP contribution is -2.03. The molecule has 1 N–H and O–H groups in total. The van der Waals surface area contributed by atoms with Crippen LogP contribution in [0.5, 0.6) is 0 Å². The van der Waals surface area contributed by atoms with E-state index in [1.165, 1.54) is 16.8 Å². The first kappa shape index (κ1) is 11.8. The maximum absolute atomic E-state index is 4.59. The van der Waals surface area contributed by atoms with E-state index >= 15 is 0 Å². The Morgan fingerprint density at radius 2 is 1.84 bits per heavy atom. The van der Waals surface area contributed by atoms with Gasteiger partial charge in [0.05, 0.1) is 12.2 Å². The average molecular weight is 251 g/mol. The van der Waals surface area contributed by atoms with Crippen molar-refractivity contribution in [2.24, 2.45) is 0 Å². The molecule has 0 saturated heterocycles. The van der Waals surface area contributed by atoms with Crippen molar-refractivity contribution in [3.05, 3.63) is 65.6 Å². The third-order valence-electron chi connectivity index (χ3n) is 3.34. The van der Waals surface area contributed by atoms with E-state index in [1.54, 1.807) is 0 Å². The van der Waals surface area contributed by atoms with Gasteiger partial charge in [0.15, 0.2) is 0 Å². The molecule has 2 heterocycles. The van der Waals surface area contributed by atoms with Gasteiger partial charge in [-0.15, -0.1) is 0 Å². The molecule has 3 aromatic rings. The minimum Gasteiger partial charge on any atom is -0.379 e. The topological polar surface area (TPSA) is 29.3 Å². The van der Waals surface area contributed by atoms with E-state index in [1.807, 2.05) is 28.8 Å². The van der Waals surface area contributed by atoms with Crippen LogP contribution in [0.25, 0.3) is 5.65 Å². The molecule has 0 radical (unpaired) electrons. The zero-order valence-electron chi connectivity index (χ0n) is 11.2. The van der Waals surface area contributed by atoms with Crippen molar-refractivity contribution in [2.75, 3.05) is 5.32 Å². The lowest BCUT2D eigenvalue weighted by atomic mass is 10.1. The van der Waals surface area contributed by atoms with Crippen LogP contribution in [0.15, 0.2) is 48.8 Å². The van der Waals surface area contributed by atoms with Crippen molar-refractivity contribution in [3.8, 4) is 0 Å². The number of anilines is 1. The van der Waals surface area contributed by atoms with Gasteiger partial charge in [-0.1, -0.05) is 24.3 Å². The van der Waals surface area contributed by atoms with Gasteiger partial charge in [0.1, 0.15) is 5.65 Å². The highest BCUT2D eigenvalue weighted by Crippen LogP contribution is 2.20. The monoisotopic (exact) mass is 251 g/mol. The molecule has 0 unspecified atom stereocenters. The normalized spacial score (nSPS) is 10.8. The number of pyridine rings is 1. The highest BCUT2D eigenvalue weighted by atomic mass is 15.0. The number of rotatable bonds is 3. The number of aryl methyl sites for hydroxylation is 2. The van der Waals surface area contributed by atoms with Crippen LogP contribution in [0.4, 0.5) is 5.69 Å². The number of benzene rings is 1. The molecule has 0 spiro atoms. The first-order chi connectivity index (χ1) is 9.24. The van der Waals surface area contributed by atoms with Crippen LogP contribution in [0.1, 0.15) is 16.8 Å². The minimum atomic E-state index is 0.743. The number of aromatic nitrogens is 2. The fourth-order valence-electron chi connectivity index (χ4n) is 2.34. The predicted octanol–water partition coefficient (Wildman–Crippen LogP) is 3.56. The summed E-state index contributed by atoms with van der Waals surface area (Å²) < 4.78 is 2.04. The summed E-state index contributed by atoms with van der Waals surface area (Å²) in [4.78, 5) is 4.59. The van der Waals surface area contributed by atoms with Gasteiger partial charge in [-0.25, -0.2) is 4.98 Å². The summed E-state index contributed by atoms with van der Waals surface area (Å²) in [7, 11) is 0. The Labute approximate surface area is 112 Å². The van der Waals surface area contributed by atoms with Gasteiger partial charge in [-0.05, 0) is 37.1 Å². The van der Waals surface area contributed by atoms with Crippen molar-refractivity contribution >= 4 is 11.3 Å². The highest BCUT2D eigenvalue weighted by Gasteiger charge is 2.04. The third kappa shape index (κ3) is 2.32. The number of hydrogen-bond acceptors (Lipinski definition) is 2. The molecule has 1 aromatic carbocycles. The van der Waals surface area contributed by atoms with E-state index in [9.17, 15) is 0 Å². The van der Waals surface area contributed by atoms with E-state index in [4.69, 9.17) is 0 Å². The molecule has 0 aliphatic heterocycles. The van der Waals surface area contributed by atoms with Gasteiger partial charge in [-0.3, -0.25) is 0 Å². The maximum atomic E-state index is 4.59. The molecule has 96 valence electrons. The van der Waals surface area contributed by atoms with Gasteiger partial charge in [0, 0.05) is 18.1 Å². The molecule has 0 fully saturated rings. The van der Waals surface area contributed by atoms with Crippen molar-refractivity contribution in [1.29, 1.82) is 0 Å². The third-order valence-corrected chi connectivity index (χ3v) is 3.34. The van der Waals surface area contributed by atoms with Crippen molar-refractivity contribution in [3.63, 3.8) is 0 Å². The summed E-state index contributed by atoms with van der Waals surface area (Å²) in [5, 5.41) is 3.48. The van der Waals surface area contributed by atoms with Crippen LogP contribution in [0, 0.1) is 13.8 Å². The van der Waals surface area contributed by atoms with Gasteiger partial charge >= 0.3 is 0 Å². The smallest absolute Gasteiger partial charge is 0.137 e. The van der Waals surface area contributed by atoms with E-state index in [2.05, 4.69) is 48.5 Å². The van der Waals surface area contributed by atoms with Crippen LogP contribution >= 0.6 is 0 Å².